The maximum Gasteiger partial charge on any atom is 0.340 e. The number of hydrogen-bond donors (Lipinski definition) is 2. The number of carbonyl (C=O) groups excluding carboxylic acids is 2. The first-order valence-corrected chi connectivity index (χ1v) is 8.90. The molecular formula is C22H18N4O3. The second-order valence-electron chi connectivity index (χ2n) is 6.00. The van der Waals surface area contributed by atoms with E-state index in [0.29, 0.717) is 28.2 Å². The highest BCUT2D eigenvalue weighted by atomic mass is 16.5. The molecule has 1 amide bonds. The van der Waals surface area contributed by atoms with Crippen molar-refractivity contribution in [2.45, 2.75) is 6.92 Å². The van der Waals surface area contributed by atoms with Gasteiger partial charge in [0.2, 0.25) is 0 Å². The van der Waals surface area contributed by atoms with Crippen LogP contribution in [0.3, 0.4) is 0 Å². The molecule has 3 rings (SSSR count). The number of pyridine rings is 1. The van der Waals surface area contributed by atoms with Crippen LogP contribution in [0.15, 0.2) is 67.0 Å². The van der Waals surface area contributed by atoms with E-state index in [1.807, 2.05) is 6.07 Å². The van der Waals surface area contributed by atoms with Crippen LogP contribution < -0.4 is 10.6 Å². The fourth-order valence-electron chi connectivity index (χ4n) is 2.64. The van der Waals surface area contributed by atoms with Crippen molar-refractivity contribution < 1.29 is 14.3 Å². The van der Waals surface area contributed by atoms with Crippen LogP contribution in [-0.2, 0) is 4.74 Å². The Morgan fingerprint density at radius 2 is 1.90 bits per heavy atom. The lowest BCUT2D eigenvalue weighted by Crippen LogP contribution is -2.16. The molecule has 1 heterocycles. The van der Waals surface area contributed by atoms with Crippen molar-refractivity contribution in [1.82, 2.24) is 4.98 Å². The van der Waals surface area contributed by atoms with Crippen molar-refractivity contribution in [3.63, 3.8) is 0 Å². The number of hydrogen-bond acceptors (Lipinski definition) is 6. The predicted octanol–water partition coefficient (Wildman–Crippen LogP) is 4.13. The number of nitrogens with zero attached hydrogens (tertiary/aromatic N) is 2. The third kappa shape index (κ3) is 4.96. The predicted molar refractivity (Wildman–Crippen MR) is 109 cm³/mol. The minimum Gasteiger partial charge on any atom is -0.462 e. The van der Waals surface area contributed by atoms with Gasteiger partial charge in [0.15, 0.2) is 0 Å². The normalized spacial score (nSPS) is 9.93. The highest BCUT2D eigenvalue weighted by Gasteiger charge is 2.15. The Bertz CT molecular complexity index is 1090. The van der Waals surface area contributed by atoms with Gasteiger partial charge in [-0.25, -0.2) is 4.79 Å². The Morgan fingerprint density at radius 3 is 2.69 bits per heavy atom. The third-order valence-corrected chi connectivity index (χ3v) is 3.95. The molecule has 0 aliphatic rings. The van der Waals surface area contributed by atoms with Gasteiger partial charge in [0.05, 0.1) is 46.9 Å². The largest absolute Gasteiger partial charge is 0.462 e. The Labute approximate surface area is 168 Å². The van der Waals surface area contributed by atoms with Gasteiger partial charge in [-0.15, -0.1) is 0 Å². The molecule has 0 spiro atoms. The van der Waals surface area contributed by atoms with Crippen LogP contribution in [0.2, 0.25) is 0 Å². The highest BCUT2D eigenvalue weighted by molar-refractivity contribution is 6.08. The van der Waals surface area contributed by atoms with Gasteiger partial charge in [0, 0.05) is 11.9 Å². The quantitative estimate of drug-likeness (QED) is 0.618. The minimum atomic E-state index is -0.505. The monoisotopic (exact) mass is 386 g/mol. The van der Waals surface area contributed by atoms with E-state index < -0.39 is 11.9 Å². The zero-order valence-electron chi connectivity index (χ0n) is 15.7. The molecule has 0 fully saturated rings. The molecule has 7 nitrogen and oxygen atoms in total. The molecule has 0 aliphatic heterocycles. The van der Waals surface area contributed by atoms with Gasteiger partial charge < -0.3 is 15.4 Å². The molecule has 0 saturated heterocycles. The number of benzene rings is 2. The molecule has 2 aromatic carbocycles. The van der Waals surface area contributed by atoms with E-state index in [1.165, 1.54) is 6.20 Å². The van der Waals surface area contributed by atoms with Crippen LogP contribution in [-0.4, -0.2) is 23.5 Å². The zero-order chi connectivity index (χ0) is 20.6. The average molecular weight is 386 g/mol. The lowest BCUT2D eigenvalue weighted by Gasteiger charge is -2.11. The highest BCUT2D eigenvalue weighted by Crippen LogP contribution is 2.20. The van der Waals surface area contributed by atoms with Gasteiger partial charge in [-0.3, -0.25) is 9.78 Å². The molecule has 2 N–H and O–H groups in total. The van der Waals surface area contributed by atoms with E-state index in [0.717, 1.165) is 0 Å². The van der Waals surface area contributed by atoms with E-state index in [1.54, 1.807) is 61.7 Å². The van der Waals surface area contributed by atoms with E-state index in [2.05, 4.69) is 21.7 Å². The second-order valence-corrected chi connectivity index (χ2v) is 6.00. The van der Waals surface area contributed by atoms with Gasteiger partial charge in [0.1, 0.15) is 0 Å². The van der Waals surface area contributed by atoms with E-state index in [-0.39, 0.29) is 12.2 Å². The van der Waals surface area contributed by atoms with Crippen molar-refractivity contribution >= 4 is 28.9 Å². The summed E-state index contributed by atoms with van der Waals surface area (Å²) in [7, 11) is 0. The Kier molecular flexibility index (Phi) is 6.18. The van der Waals surface area contributed by atoms with Crippen molar-refractivity contribution in [1.29, 1.82) is 5.26 Å². The molecule has 0 radical (unpaired) electrons. The van der Waals surface area contributed by atoms with E-state index >= 15 is 0 Å². The first-order valence-electron chi connectivity index (χ1n) is 8.90. The number of para-hydroxylation sites is 1. The van der Waals surface area contributed by atoms with E-state index in [4.69, 9.17) is 10.00 Å². The van der Waals surface area contributed by atoms with Crippen LogP contribution in [0.5, 0.6) is 0 Å². The summed E-state index contributed by atoms with van der Waals surface area (Å²) in [5, 5.41) is 14.8. The molecule has 29 heavy (non-hydrogen) atoms. The van der Waals surface area contributed by atoms with Gasteiger partial charge in [-0.1, -0.05) is 18.2 Å². The molecule has 0 bridgehead atoms. The number of nitriles is 1. The average Bonchev–Trinajstić information content (AvgIpc) is 2.74. The van der Waals surface area contributed by atoms with Crippen LogP contribution in [0.25, 0.3) is 0 Å². The van der Waals surface area contributed by atoms with Gasteiger partial charge in [0.25, 0.3) is 5.91 Å². The number of esters is 1. The zero-order valence-corrected chi connectivity index (χ0v) is 15.7. The maximum absolute atomic E-state index is 12.7. The summed E-state index contributed by atoms with van der Waals surface area (Å²) < 4.78 is 5.02. The topological polar surface area (TPSA) is 104 Å². The maximum atomic E-state index is 12.7. The molecule has 0 aliphatic carbocycles. The Morgan fingerprint density at radius 1 is 1.07 bits per heavy atom. The molecule has 0 saturated carbocycles. The first kappa shape index (κ1) is 19.6. The molecular weight excluding hydrogens is 368 g/mol. The summed E-state index contributed by atoms with van der Waals surface area (Å²) in [6, 6.07) is 17.3. The number of amides is 1. The minimum absolute atomic E-state index is 0.242. The smallest absolute Gasteiger partial charge is 0.340 e. The fourth-order valence-corrected chi connectivity index (χ4v) is 2.64. The van der Waals surface area contributed by atoms with Crippen molar-refractivity contribution in [2.75, 3.05) is 17.2 Å². The molecule has 0 atom stereocenters. The van der Waals surface area contributed by atoms with Crippen LogP contribution in [0.1, 0.15) is 33.2 Å². The summed E-state index contributed by atoms with van der Waals surface area (Å²) in [4.78, 5) is 28.8. The number of ether oxygens (including phenoxy) is 1. The van der Waals surface area contributed by atoms with Crippen LogP contribution in [0.4, 0.5) is 17.1 Å². The van der Waals surface area contributed by atoms with Crippen molar-refractivity contribution in [3.05, 3.63) is 83.7 Å². The summed E-state index contributed by atoms with van der Waals surface area (Å²) in [6.45, 7) is 1.96. The van der Waals surface area contributed by atoms with Gasteiger partial charge in [-0.05, 0) is 43.3 Å². The molecule has 3 aromatic rings. The number of nitrogens with one attached hydrogen (secondary N) is 2. The first-order chi connectivity index (χ1) is 14.1. The SMILES string of the molecule is CCOC(=O)c1ccccc1NC(=O)c1cncc(Nc2cccc(C#N)c2)c1. The number of carbonyl (C=O) groups is 2. The number of rotatable bonds is 6. The van der Waals surface area contributed by atoms with Crippen LogP contribution >= 0.6 is 0 Å². The lowest BCUT2D eigenvalue weighted by atomic mass is 10.1. The van der Waals surface area contributed by atoms with Crippen molar-refractivity contribution in [3.8, 4) is 6.07 Å². The summed E-state index contributed by atoms with van der Waals surface area (Å²) in [6.07, 6.45) is 3.00. The molecule has 1 aromatic heterocycles. The standard InChI is InChI=1S/C22H18N4O3/c1-2-29-22(28)19-8-3-4-9-20(19)26-21(27)16-11-18(14-24-13-16)25-17-7-5-6-15(10-17)12-23/h3-11,13-14,25H,2H2,1H3,(H,26,27). The molecule has 7 heteroatoms. The summed E-state index contributed by atoms with van der Waals surface area (Å²) in [5.41, 5.74) is 2.76. The summed E-state index contributed by atoms with van der Waals surface area (Å²) in [5.74, 6) is -0.919. The Balaban J connectivity index is 1.78. The lowest BCUT2D eigenvalue weighted by molar-refractivity contribution is 0.0527. The third-order valence-electron chi connectivity index (χ3n) is 3.95. The molecule has 0 unspecified atom stereocenters. The summed E-state index contributed by atoms with van der Waals surface area (Å²) >= 11 is 0. The van der Waals surface area contributed by atoms with Gasteiger partial charge >= 0.3 is 5.97 Å². The van der Waals surface area contributed by atoms with Crippen LogP contribution in [0, 0.1) is 11.3 Å². The van der Waals surface area contributed by atoms with Gasteiger partial charge in [-0.2, -0.15) is 5.26 Å². The Hall–Kier alpha value is -4.18. The number of aromatic nitrogens is 1. The number of anilines is 3. The molecule has 144 valence electrons. The van der Waals surface area contributed by atoms with E-state index in [9.17, 15) is 9.59 Å². The van der Waals surface area contributed by atoms with Crippen molar-refractivity contribution in [2.24, 2.45) is 0 Å². The second kappa shape index (κ2) is 9.15. The fraction of sp³-hybridized carbons (Fsp3) is 0.0909.